The van der Waals surface area contributed by atoms with Gasteiger partial charge in [0.05, 0.1) is 18.7 Å². The lowest BCUT2D eigenvalue weighted by atomic mass is 10.1. The Kier molecular flexibility index (Phi) is 5.46. The van der Waals surface area contributed by atoms with Gasteiger partial charge in [0, 0.05) is 10.4 Å². The molecule has 1 atom stereocenters. The maximum Gasteiger partial charge on any atom is 0.257 e. The number of hydrogen-bond acceptors (Lipinski definition) is 4. The molecular weight excluding hydrogens is 403 g/mol. The molecule has 2 heterocycles. The standard InChI is InChI=1S/C23H19FN2O3S/c1-15-4-10-18(11-5-15)26-21(27)13-20(23(26)29)25(14-19-3-2-12-30-19)22(28)16-6-8-17(24)9-7-16/h2-12,20H,13-14H2,1H3. The van der Waals surface area contributed by atoms with Gasteiger partial charge in [-0.25, -0.2) is 9.29 Å². The highest BCUT2D eigenvalue weighted by atomic mass is 32.1. The second kappa shape index (κ2) is 8.20. The first-order valence-electron chi connectivity index (χ1n) is 9.46. The maximum atomic E-state index is 13.3. The number of imide groups is 1. The molecule has 1 aliphatic heterocycles. The van der Waals surface area contributed by atoms with Crippen LogP contribution in [-0.2, 0) is 16.1 Å². The lowest BCUT2D eigenvalue weighted by Crippen LogP contribution is -2.45. The molecule has 7 heteroatoms. The molecule has 0 saturated carbocycles. The molecule has 0 spiro atoms. The second-order valence-electron chi connectivity index (χ2n) is 7.14. The summed E-state index contributed by atoms with van der Waals surface area (Å²) in [6.45, 7) is 2.11. The Morgan fingerprint density at radius 1 is 1.10 bits per heavy atom. The highest BCUT2D eigenvalue weighted by Gasteiger charge is 2.44. The van der Waals surface area contributed by atoms with Crippen molar-refractivity contribution in [3.8, 4) is 0 Å². The van der Waals surface area contributed by atoms with Gasteiger partial charge in [-0.15, -0.1) is 11.3 Å². The predicted octanol–water partition coefficient (Wildman–Crippen LogP) is 4.17. The quantitative estimate of drug-likeness (QED) is 0.580. The minimum Gasteiger partial charge on any atom is -0.321 e. The lowest BCUT2D eigenvalue weighted by Gasteiger charge is -2.27. The second-order valence-corrected chi connectivity index (χ2v) is 8.17. The van der Waals surface area contributed by atoms with Crippen molar-refractivity contribution in [3.63, 3.8) is 0 Å². The molecule has 1 fully saturated rings. The van der Waals surface area contributed by atoms with Crippen LogP contribution >= 0.6 is 11.3 Å². The Morgan fingerprint density at radius 3 is 2.43 bits per heavy atom. The third-order valence-electron chi connectivity index (χ3n) is 5.05. The minimum atomic E-state index is -0.918. The van der Waals surface area contributed by atoms with E-state index in [0.29, 0.717) is 5.69 Å². The van der Waals surface area contributed by atoms with Crippen LogP contribution in [0, 0.1) is 12.7 Å². The van der Waals surface area contributed by atoms with Crippen LogP contribution in [0.5, 0.6) is 0 Å². The van der Waals surface area contributed by atoms with Crippen molar-refractivity contribution in [1.82, 2.24) is 4.90 Å². The van der Waals surface area contributed by atoms with Gasteiger partial charge in [0.25, 0.3) is 11.8 Å². The van der Waals surface area contributed by atoms with E-state index in [4.69, 9.17) is 0 Å². The number of rotatable bonds is 5. The van der Waals surface area contributed by atoms with E-state index >= 15 is 0 Å². The third-order valence-corrected chi connectivity index (χ3v) is 5.91. The molecule has 1 aliphatic rings. The summed E-state index contributed by atoms with van der Waals surface area (Å²) in [6, 6.07) is 15.1. The van der Waals surface area contributed by atoms with E-state index in [0.717, 1.165) is 15.3 Å². The number of anilines is 1. The van der Waals surface area contributed by atoms with Gasteiger partial charge in [-0.2, -0.15) is 0 Å². The highest BCUT2D eigenvalue weighted by Crippen LogP contribution is 2.28. The average Bonchev–Trinajstić information content (AvgIpc) is 3.35. The third kappa shape index (κ3) is 3.89. The van der Waals surface area contributed by atoms with Crippen LogP contribution < -0.4 is 4.90 Å². The minimum absolute atomic E-state index is 0.0922. The van der Waals surface area contributed by atoms with Gasteiger partial charge in [0.1, 0.15) is 11.9 Å². The Morgan fingerprint density at radius 2 is 1.80 bits per heavy atom. The molecule has 152 valence electrons. The summed E-state index contributed by atoms with van der Waals surface area (Å²) in [7, 11) is 0. The smallest absolute Gasteiger partial charge is 0.257 e. The SMILES string of the molecule is Cc1ccc(N2C(=O)CC(N(Cc3cccs3)C(=O)c3ccc(F)cc3)C2=O)cc1. The number of aryl methyl sites for hydroxylation is 1. The number of carbonyl (C=O) groups is 3. The molecule has 3 aromatic rings. The zero-order valence-corrected chi connectivity index (χ0v) is 17.1. The van der Waals surface area contributed by atoms with Crippen molar-refractivity contribution in [2.75, 3.05) is 4.90 Å². The van der Waals surface area contributed by atoms with Gasteiger partial charge in [-0.1, -0.05) is 23.8 Å². The maximum absolute atomic E-state index is 13.3. The fourth-order valence-electron chi connectivity index (χ4n) is 3.48. The number of thiophene rings is 1. The topological polar surface area (TPSA) is 57.7 Å². The number of carbonyl (C=O) groups excluding carboxylic acids is 3. The normalized spacial score (nSPS) is 16.2. The van der Waals surface area contributed by atoms with Gasteiger partial charge in [-0.3, -0.25) is 14.4 Å². The number of amides is 3. The van der Waals surface area contributed by atoms with Crippen LogP contribution in [0.4, 0.5) is 10.1 Å². The van der Waals surface area contributed by atoms with E-state index in [1.54, 1.807) is 12.1 Å². The van der Waals surface area contributed by atoms with E-state index < -0.39 is 23.7 Å². The molecule has 4 rings (SSSR count). The summed E-state index contributed by atoms with van der Waals surface area (Å²) in [5.41, 5.74) is 1.77. The largest absolute Gasteiger partial charge is 0.321 e. The fourth-order valence-corrected chi connectivity index (χ4v) is 4.18. The molecule has 3 amide bonds. The Labute approximate surface area is 177 Å². The molecule has 0 aliphatic carbocycles. The molecule has 0 radical (unpaired) electrons. The van der Waals surface area contributed by atoms with Crippen LogP contribution in [-0.4, -0.2) is 28.7 Å². The van der Waals surface area contributed by atoms with Gasteiger partial charge in [-0.05, 0) is 54.8 Å². The molecule has 1 aromatic heterocycles. The van der Waals surface area contributed by atoms with Crippen molar-refractivity contribution in [2.24, 2.45) is 0 Å². The van der Waals surface area contributed by atoms with Crippen LogP contribution in [0.15, 0.2) is 66.0 Å². The predicted molar refractivity (Wildman–Crippen MR) is 113 cm³/mol. The van der Waals surface area contributed by atoms with Crippen LogP contribution in [0.3, 0.4) is 0 Å². The zero-order valence-electron chi connectivity index (χ0n) is 16.2. The van der Waals surface area contributed by atoms with Crippen molar-refractivity contribution in [2.45, 2.75) is 25.9 Å². The zero-order chi connectivity index (χ0) is 21.3. The first kappa shape index (κ1) is 20.0. The fraction of sp³-hybridized carbons (Fsp3) is 0.174. The van der Waals surface area contributed by atoms with Crippen molar-refractivity contribution in [3.05, 3.63) is 87.9 Å². The molecule has 30 heavy (non-hydrogen) atoms. The molecule has 2 aromatic carbocycles. The summed E-state index contributed by atoms with van der Waals surface area (Å²) in [4.78, 5) is 42.6. The molecular formula is C23H19FN2O3S. The molecule has 0 N–H and O–H groups in total. The number of hydrogen-bond donors (Lipinski definition) is 0. The summed E-state index contributed by atoms with van der Waals surface area (Å²) in [5, 5.41) is 1.89. The Hall–Kier alpha value is -3.32. The first-order valence-corrected chi connectivity index (χ1v) is 10.3. The highest BCUT2D eigenvalue weighted by molar-refractivity contribution is 7.09. The van der Waals surface area contributed by atoms with Gasteiger partial charge >= 0.3 is 0 Å². The lowest BCUT2D eigenvalue weighted by molar-refractivity contribution is -0.122. The molecule has 1 unspecified atom stereocenters. The van der Waals surface area contributed by atoms with Crippen LogP contribution in [0.2, 0.25) is 0 Å². The number of benzene rings is 2. The van der Waals surface area contributed by atoms with E-state index in [2.05, 4.69) is 0 Å². The number of halogens is 1. The molecule has 0 bridgehead atoms. The van der Waals surface area contributed by atoms with Crippen LogP contribution in [0.1, 0.15) is 27.2 Å². The van der Waals surface area contributed by atoms with E-state index in [-0.39, 0.29) is 24.4 Å². The summed E-state index contributed by atoms with van der Waals surface area (Å²) in [6.07, 6.45) is -0.0922. The Bertz CT molecular complexity index is 1080. The van der Waals surface area contributed by atoms with E-state index in [1.807, 2.05) is 36.6 Å². The van der Waals surface area contributed by atoms with Crippen molar-refractivity contribution >= 4 is 34.7 Å². The van der Waals surface area contributed by atoms with E-state index in [1.165, 1.54) is 40.5 Å². The van der Waals surface area contributed by atoms with Gasteiger partial charge < -0.3 is 4.90 Å². The van der Waals surface area contributed by atoms with Gasteiger partial charge in [0.2, 0.25) is 5.91 Å². The first-order chi connectivity index (χ1) is 14.4. The summed E-state index contributed by atoms with van der Waals surface area (Å²) in [5.74, 6) is -1.65. The van der Waals surface area contributed by atoms with Crippen molar-refractivity contribution in [1.29, 1.82) is 0 Å². The van der Waals surface area contributed by atoms with Crippen molar-refractivity contribution < 1.29 is 18.8 Å². The van der Waals surface area contributed by atoms with Crippen LogP contribution in [0.25, 0.3) is 0 Å². The Balaban J connectivity index is 1.67. The summed E-state index contributed by atoms with van der Waals surface area (Å²) < 4.78 is 13.3. The van der Waals surface area contributed by atoms with E-state index in [9.17, 15) is 18.8 Å². The number of nitrogens with zero attached hydrogens (tertiary/aromatic N) is 2. The monoisotopic (exact) mass is 422 g/mol. The molecule has 5 nitrogen and oxygen atoms in total. The molecule has 1 saturated heterocycles. The average molecular weight is 422 g/mol. The summed E-state index contributed by atoms with van der Waals surface area (Å²) >= 11 is 1.46. The van der Waals surface area contributed by atoms with Gasteiger partial charge in [0.15, 0.2) is 0 Å².